The molecule has 0 aromatic heterocycles. The lowest BCUT2D eigenvalue weighted by molar-refractivity contribution is 0.0693. The van der Waals surface area contributed by atoms with Gasteiger partial charge in [-0.25, -0.2) is 4.79 Å². The van der Waals surface area contributed by atoms with E-state index < -0.39 is 5.97 Å². The number of hydrogen-bond acceptors (Lipinski definition) is 5. The van der Waals surface area contributed by atoms with Crippen molar-refractivity contribution in [3.8, 4) is 5.75 Å². The van der Waals surface area contributed by atoms with Crippen LogP contribution in [0, 0.1) is 0 Å². The third kappa shape index (κ3) is 4.25. The summed E-state index contributed by atoms with van der Waals surface area (Å²) in [4.78, 5) is 13.3. The van der Waals surface area contributed by atoms with Gasteiger partial charge in [0, 0.05) is 25.7 Å². The molecule has 0 aliphatic carbocycles. The van der Waals surface area contributed by atoms with Crippen molar-refractivity contribution in [1.29, 1.82) is 0 Å². The lowest BCUT2D eigenvalue weighted by atomic mass is 10.1. The van der Waals surface area contributed by atoms with Crippen molar-refractivity contribution in [3.05, 3.63) is 22.7 Å². The monoisotopic (exact) mass is 328 g/mol. The maximum Gasteiger partial charge on any atom is 0.339 e. The molecular weight excluding hydrogens is 308 g/mol. The van der Waals surface area contributed by atoms with Crippen molar-refractivity contribution in [2.45, 2.75) is 18.9 Å². The van der Waals surface area contributed by atoms with E-state index in [2.05, 4.69) is 10.2 Å². The van der Waals surface area contributed by atoms with Crippen molar-refractivity contribution in [1.82, 2.24) is 4.90 Å². The SMILES string of the molecule is COc1cc(NCCN2CCC[C@H](O)C2)c(Cl)cc1C(=O)O. The van der Waals surface area contributed by atoms with E-state index in [0.29, 0.717) is 23.8 Å². The quantitative estimate of drug-likeness (QED) is 0.740. The molecule has 1 aromatic carbocycles. The molecule has 2 rings (SSSR count). The second-order valence-corrected chi connectivity index (χ2v) is 5.77. The van der Waals surface area contributed by atoms with E-state index in [1.54, 1.807) is 6.07 Å². The van der Waals surface area contributed by atoms with Gasteiger partial charge >= 0.3 is 5.97 Å². The number of aliphatic hydroxyl groups is 1. The maximum atomic E-state index is 11.1. The average molecular weight is 329 g/mol. The van der Waals surface area contributed by atoms with Crippen LogP contribution >= 0.6 is 11.6 Å². The van der Waals surface area contributed by atoms with Gasteiger partial charge in [0.15, 0.2) is 0 Å². The van der Waals surface area contributed by atoms with Gasteiger partial charge in [0.25, 0.3) is 0 Å². The topological polar surface area (TPSA) is 82.0 Å². The Kier molecular flexibility index (Phi) is 5.88. The molecule has 0 saturated carbocycles. The van der Waals surface area contributed by atoms with Gasteiger partial charge in [-0.2, -0.15) is 0 Å². The minimum absolute atomic E-state index is 0.0391. The summed E-state index contributed by atoms with van der Waals surface area (Å²) in [7, 11) is 1.43. The highest BCUT2D eigenvalue weighted by molar-refractivity contribution is 6.33. The summed E-state index contributed by atoms with van der Waals surface area (Å²) in [6.45, 7) is 3.11. The first kappa shape index (κ1) is 16.9. The van der Waals surface area contributed by atoms with Gasteiger partial charge in [0.1, 0.15) is 11.3 Å². The maximum absolute atomic E-state index is 11.1. The third-order valence-electron chi connectivity index (χ3n) is 3.74. The zero-order valence-corrected chi connectivity index (χ0v) is 13.3. The molecule has 1 atom stereocenters. The van der Waals surface area contributed by atoms with E-state index in [4.69, 9.17) is 21.4 Å². The van der Waals surface area contributed by atoms with Gasteiger partial charge in [-0.3, -0.25) is 4.90 Å². The standard InChI is InChI=1S/C15H21ClN2O4/c1-22-14-8-13(12(16)7-11(14)15(20)21)17-4-6-18-5-2-3-10(19)9-18/h7-8,10,17,19H,2-6,9H2,1H3,(H,20,21)/t10-/m0/s1. The molecule has 6 nitrogen and oxygen atoms in total. The highest BCUT2D eigenvalue weighted by Gasteiger charge is 2.18. The number of aliphatic hydroxyl groups excluding tert-OH is 1. The molecule has 1 aliphatic heterocycles. The van der Waals surface area contributed by atoms with Crippen LogP contribution in [0.4, 0.5) is 5.69 Å². The predicted molar refractivity (Wildman–Crippen MR) is 85.1 cm³/mol. The number of piperidine rings is 1. The number of carboxylic acids is 1. The summed E-state index contributed by atoms with van der Waals surface area (Å²) in [5, 5.41) is 22.3. The highest BCUT2D eigenvalue weighted by atomic mass is 35.5. The van der Waals surface area contributed by atoms with Gasteiger partial charge in [-0.05, 0) is 25.5 Å². The number of nitrogens with zero attached hydrogens (tertiary/aromatic N) is 1. The second-order valence-electron chi connectivity index (χ2n) is 5.36. The Morgan fingerprint density at radius 1 is 1.55 bits per heavy atom. The van der Waals surface area contributed by atoms with Crippen molar-refractivity contribution in [3.63, 3.8) is 0 Å². The van der Waals surface area contributed by atoms with Gasteiger partial charge < -0.3 is 20.3 Å². The Hall–Kier alpha value is -1.50. The predicted octanol–water partition coefficient (Wildman–Crippen LogP) is 1.92. The van der Waals surface area contributed by atoms with Crippen molar-refractivity contribution >= 4 is 23.3 Å². The Morgan fingerprint density at radius 3 is 2.95 bits per heavy atom. The van der Waals surface area contributed by atoms with Gasteiger partial charge in [0.05, 0.1) is 23.9 Å². The number of rotatable bonds is 6. The van der Waals surface area contributed by atoms with E-state index in [9.17, 15) is 9.90 Å². The first-order valence-corrected chi connectivity index (χ1v) is 7.64. The summed E-state index contributed by atoms with van der Waals surface area (Å²) in [5.74, 6) is -0.805. The molecule has 0 unspecified atom stereocenters. The van der Waals surface area contributed by atoms with E-state index >= 15 is 0 Å². The van der Waals surface area contributed by atoms with E-state index in [-0.39, 0.29) is 17.4 Å². The zero-order chi connectivity index (χ0) is 16.1. The average Bonchev–Trinajstić information content (AvgIpc) is 2.48. The van der Waals surface area contributed by atoms with E-state index in [0.717, 1.165) is 25.9 Å². The van der Waals surface area contributed by atoms with Crippen LogP contribution < -0.4 is 10.1 Å². The minimum atomic E-state index is -1.08. The Balaban J connectivity index is 1.96. The molecule has 1 aliphatic rings. The lowest BCUT2D eigenvalue weighted by Crippen LogP contribution is -2.40. The number of aromatic carboxylic acids is 1. The number of benzene rings is 1. The van der Waals surface area contributed by atoms with Crippen LogP contribution in [0.15, 0.2) is 12.1 Å². The fourth-order valence-electron chi connectivity index (χ4n) is 2.61. The number of halogens is 1. The van der Waals surface area contributed by atoms with E-state index in [1.165, 1.54) is 13.2 Å². The summed E-state index contributed by atoms with van der Waals surface area (Å²) in [6.07, 6.45) is 1.62. The third-order valence-corrected chi connectivity index (χ3v) is 4.06. The number of carboxylic acid groups (broad SMARTS) is 1. The first-order chi connectivity index (χ1) is 10.5. The summed E-state index contributed by atoms with van der Waals surface area (Å²) in [5.41, 5.74) is 0.679. The number of β-amino-alcohol motifs (C(OH)–C–C–N with tert-alkyl or cyclic N) is 1. The molecule has 22 heavy (non-hydrogen) atoms. The van der Waals surface area contributed by atoms with Crippen LogP contribution in [0.5, 0.6) is 5.75 Å². The summed E-state index contributed by atoms with van der Waals surface area (Å²) in [6, 6.07) is 2.98. The Morgan fingerprint density at radius 2 is 2.32 bits per heavy atom. The van der Waals surface area contributed by atoms with Gasteiger partial charge in [0.2, 0.25) is 0 Å². The lowest BCUT2D eigenvalue weighted by Gasteiger charge is -2.30. The Bertz CT molecular complexity index is 539. The molecule has 1 saturated heterocycles. The highest BCUT2D eigenvalue weighted by Crippen LogP contribution is 2.30. The normalized spacial score (nSPS) is 19.0. The molecule has 0 amide bonds. The fourth-order valence-corrected chi connectivity index (χ4v) is 2.84. The molecule has 122 valence electrons. The van der Waals surface area contributed by atoms with Crippen LogP contribution in [0.2, 0.25) is 5.02 Å². The number of methoxy groups -OCH3 is 1. The smallest absolute Gasteiger partial charge is 0.339 e. The van der Waals surface area contributed by atoms with Crippen molar-refractivity contribution in [2.75, 3.05) is 38.6 Å². The van der Waals surface area contributed by atoms with Crippen LogP contribution in [0.1, 0.15) is 23.2 Å². The fraction of sp³-hybridized carbons (Fsp3) is 0.533. The number of ether oxygens (including phenoxy) is 1. The van der Waals surface area contributed by atoms with Crippen LogP contribution in [-0.2, 0) is 0 Å². The second kappa shape index (κ2) is 7.67. The van der Waals surface area contributed by atoms with Crippen molar-refractivity contribution < 1.29 is 19.7 Å². The number of carbonyl (C=O) groups is 1. The summed E-state index contributed by atoms with van der Waals surface area (Å²) >= 11 is 6.11. The molecule has 1 aromatic rings. The molecule has 1 heterocycles. The molecule has 0 radical (unpaired) electrons. The van der Waals surface area contributed by atoms with E-state index in [1.807, 2.05) is 0 Å². The van der Waals surface area contributed by atoms with Crippen LogP contribution in [0.3, 0.4) is 0 Å². The van der Waals surface area contributed by atoms with Crippen molar-refractivity contribution in [2.24, 2.45) is 0 Å². The van der Waals surface area contributed by atoms with Gasteiger partial charge in [-0.1, -0.05) is 11.6 Å². The zero-order valence-electron chi connectivity index (χ0n) is 12.5. The molecule has 3 N–H and O–H groups in total. The molecular formula is C15H21ClN2O4. The van der Waals surface area contributed by atoms with Crippen LogP contribution in [-0.4, -0.2) is 60.5 Å². The molecule has 7 heteroatoms. The van der Waals surface area contributed by atoms with Gasteiger partial charge in [-0.15, -0.1) is 0 Å². The first-order valence-electron chi connectivity index (χ1n) is 7.26. The number of anilines is 1. The number of nitrogens with one attached hydrogen (secondary N) is 1. The molecule has 0 spiro atoms. The Labute approximate surface area is 134 Å². The molecule has 1 fully saturated rings. The number of likely N-dealkylation sites (tertiary alicyclic amines) is 1. The largest absolute Gasteiger partial charge is 0.496 e. The molecule has 0 bridgehead atoms. The summed E-state index contributed by atoms with van der Waals surface area (Å²) < 4.78 is 5.09. The number of hydrogen-bond donors (Lipinski definition) is 3. The minimum Gasteiger partial charge on any atom is -0.496 e. The van der Waals surface area contributed by atoms with Crippen LogP contribution in [0.25, 0.3) is 0 Å².